The molecule has 8 heteroatoms. The number of thiazole rings is 1. The largest absolute Gasteiger partial charge is 0.324 e. The Kier molecular flexibility index (Phi) is 5.14. The minimum absolute atomic E-state index is 0.124. The van der Waals surface area contributed by atoms with Crippen molar-refractivity contribution in [1.29, 1.82) is 0 Å². The molecule has 0 saturated heterocycles. The van der Waals surface area contributed by atoms with Crippen molar-refractivity contribution in [2.75, 3.05) is 10.6 Å². The van der Waals surface area contributed by atoms with Crippen LogP contribution in [0.3, 0.4) is 0 Å². The van der Waals surface area contributed by atoms with Gasteiger partial charge in [0.15, 0.2) is 0 Å². The maximum absolute atomic E-state index is 12.2. The minimum atomic E-state index is -0.124. The summed E-state index contributed by atoms with van der Waals surface area (Å²) >= 11 is 3.02. The van der Waals surface area contributed by atoms with Crippen LogP contribution in [0.2, 0.25) is 0 Å². The Hall–Kier alpha value is -3.10. The fourth-order valence-corrected chi connectivity index (χ4v) is 4.23. The van der Waals surface area contributed by atoms with E-state index in [1.165, 1.54) is 11.3 Å². The van der Waals surface area contributed by atoms with Gasteiger partial charge in [-0.3, -0.25) is 4.79 Å². The molecule has 28 heavy (non-hydrogen) atoms. The van der Waals surface area contributed by atoms with Crippen molar-refractivity contribution >= 4 is 45.9 Å². The summed E-state index contributed by atoms with van der Waals surface area (Å²) in [6, 6.07) is 13.0. The first-order valence-electron chi connectivity index (χ1n) is 8.58. The normalized spacial score (nSPS) is 10.6. The zero-order valence-electron chi connectivity index (χ0n) is 15.3. The molecule has 0 bridgehead atoms. The zero-order valence-corrected chi connectivity index (χ0v) is 16.9. The molecular formula is C20H17N5OS2. The SMILES string of the molecule is Cc1nc(C)c(-c2ccnc(Nc3cccc(NC(=O)c4cccs4)c3)n2)s1. The van der Waals surface area contributed by atoms with Crippen LogP contribution in [0, 0.1) is 13.8 Å². The van der Waals surface area contributed by atoms with Crippen LogP contribution in [0.4, 0.5) is 17.3 Å². The van der Waals surface area contributed by atoms with Gasteiger partial charge in [0, 0.05) is 17.6 Å². The third kappa shape index (κ3) is 4.08. The van der Waals surface area contributed by atoms with E-state index in [1.54, 1.807) is 23.6 Å². The molecule has 0 aliphatic rings. The first-order chi connectivity index (χ1) is 13.6. The highest BCUT2D eigenvalue weighted by Crippen LogP contribution is 2.29. The fraction of sp³-hybridized carbons (Fsp3) is 0.100. The van der Waals surface area contributed by atoms with Crippen LogP contribution in [-0.4, -0.2) is 20.9 Å². The summed E-state index contributed by atoms with van der Waals surface area (Å²) in [5, 5.41) is 8.99. The number of nitrogens with one attached hydrogen (secondary N) is 2. The van der Waals surface area contributed by atoms with Crippen LogP contribution < -0.4 is 10.6 Å². The number of nitrogens with zero attached hydrogens (tertiary/aromatic N) is 3. The number of amides is 1. The topological polar surface area (TPSA) is 79.8 Å². The average Bonchev–Trinajstić information content (AvgIpc) is 3.32. The van der Waals surface area contributed by atoms with E-state index in [4.69, 9.17) is 0 Å². The van der Waals surface area contributed by atoms with Gasteiger partial charge in [-0.1, -0.05) is 12.1 Å². The maximum atomic E-state index is 12.2. The summed E-state index contributed by atoms with van der Waals surface area (Å²) < 4.78 is 0. The van der Waals surface area contributed by atoms with E-state index in [0.717, 1.165) is 27.0 Å². The summed E-state index contributed by atoms with van der Waals surface area (Å²) in [4.78, 5) is 27.3. The van der Waals surface area contributed by atoms with Gasteiger partial charge in [-0.25, -0.2) is 15.0 Å². The van der Waals surface area contributed by atoms with Gasteiger partial charge >= 0.3 is 0 Å². The first-order valence-corrected chi connectivity index (χ1v) is 10.3. The van der Waals surface area contributed by atoms with Crippen LogP contribution in [0.15, 0.2) is 54.0 Å². The highest BCUT2D eigenvalue weighted by Gasteiger charge is 2.11. The molecule has 1 amide bonds. The predicted molar refractivity (Wildman–Crippen MR) is 115 cm³/mol. The van der Waals surface area contributed by atoms with Gasteiger partial charge in [-0.2, -0.15) is 0 Å². The van der Waals surface area contributed by atoms with Gasteiger partial charge in [0.2, 0.25) is 5.95 Å². The van der Waals surface area contributed by atoms with Crippen molar-refractivity contribution in [3.63, 3.8) is 0 Å². The predicted octanol–water partition coefficient (Wildman–Crippen LogP) is 5.27. The van der Waals surface area contributed by atoms with Crippen LogP contribution in [0.5, 0.6) is 0 Å². The van der Waals surface area contributed by atoms with Crippen molar-refractivity contribution in [1.82, 2.24) is 15.0 Å². The van der Waals surface area contributed by atoms with Crippen molar-refractivity contribution in [2.45, 2.75) is 13.8 Å². The number of hydrogen-bond acceptors (Lipinski definition) is 7. The molecule has 140 valence electrons. The maximum Gasteiger partial charge on any atom is 0.265 e. The Labute approximate surface area is 170 Å². The van der Waals surface area contributed by atoms with E-state index in [2.05, 4.69) is 25.6 Å². The number of aryl methyl sites for hydroxylation is 2. The van der Waals surface area contributed by atoms with E-state index >= 15 is 0 Å². The molecule has 0 unspecified atom stereocenters. The lowest BCUT2D eigenvalue weighted by Gasteiger charge is -2.09. The number of aromatic nitrogens is 3. The van der Waals surface area contributed by atoms with E-state index < -0.39 is 0 Å². The standard InChI is InChI=1S/C20H17N5OS2/c1-12-18(28-13(2)22-12)16-8-9-21-20(25-16)24-15-6-3-5-14(11-15)23-19(26)17-7-4-10-27-17/h3-11H,1-2H3,(H,23,26)(H,21,24,25). The second kappa shape index (κ2) is 7.87. The number of carbonyl (C=O) groups is 1. The lowest BCUT2D eigenvalue weighted by molar-refractivity contribution is 0.103. The molecule has 2 N–H and O–H groups in total. The molecule has 0 atom stereocenters. The van der Waals surface area contributed by atoms with Crippen molar-refractivity contribution in [3.05, 3.63) is 69.6 Å². The lowest BCUT2D eigenvalue weighted by Crippen LogP contribution is -2.10. The number of benzene rings is 1. The highest BCUT2D eigenvalue weighted by atomic mass is 32.1. The van der Waals surface area contributed by atoms with Gasteiger partial charge in [0.1, 0.15) is 0 Å². The third-order valence-corrected chi connectivity index (χ3v) is 5.88. The van der Waals surface area contributed by atoms with Gasteiger partial charge in [-0.15, -0.1) is 22.7 Å². The van der Waals surface area contributed by atoms with Crippen LogP contribution in [0.1, 0.15) is 20.4 Å². The van der Waals surface area contributed by atoms with Gasteiger partial charge < -0.3 is 10.6 Å². The molecule has 4 rings (SSSR count). The molecule has 0 radical (unpaired) electrons. The van der Waals surface area contributed by atoms with Crippen LogP contribution >= 0.6 is 22.7 Å². The first kappa shape index (κ1) is 18.3. The number of hydrogen-bond donors (Lipinski definition) is 2. The Morgan fingerprint density at radius 3 is 2.64 bits per heavy atom. The molecule has 3 heterocycles. The van der Waals surface area contributed by atoms with Gasteiger partial charge in [-0.05, 0) is 49.6 Å². The van der Waals surface area contributed by atoms with Crippen LogP contribution in [-0.2, 0) is 0 Å². The second-order valence-electron chi connectivity index (χ2n) is 6.05. The van der Waals surface area contributed by atoms with Crippen molar-refractivity contribution in [2.24, 2.45) is 0 Å². The molecule has 1 aromatic carbocycles. The molecule has 0 aliphatic heterocycles. The summed E-state index contributed by atoms with van der Waals surface area (Å²) in [5.74, 6) is 0.367. The Bertz CT molecular complexity index is 1120. The van der Waals surface area contributed by atoms with Crippen molar-refractivity contribution in [3.8, 4) is 10.6 Å². The minimum Gasteiger partial charge on any atom is -0.324 e. The monoisotopic (exact) mass is 407 g/mol. The Balaban J connectivity index is 1.52. The second-order valence-corrected chi connectivity index (χ2v) is 8.20. The molecule has 0 saturated carbocycles. The summed E-state index contributed by atoms with van der Waals surface area (Å²) in [6.45, 7) is 3.96. The third-order valence-electron chi connectivity index (χ3n) is 3.91. The molecule has 6 nitrogen and oxygen atoms in total. The quantitative estimate of drug-likeness (QED) is 0.471. The van der Waals surface area contributed by atoms with E-state index in [9.17, 15) is 4.79 Å². The molecular weight excluding hydrogens is 390 g/mol. The number of carbonyl (C=O) groups excluding carboxylic acids is 1. The smallest absolute Gasteiger partial charge is 0.265 e. The van der Waals surface area contributed by atoms with Crippen LogP contribution in [0.25, 0.3) is 10.6 Å². The lowest BCUT2D eigenvalue weighted by atomic mass is 10.2. The Morgan fingerprint density at radius 1 is 1.04 bits per heavy atom. The summed E-state index contributed by atoms with van der Waals surface area (Å²) in [6.07, 6.45) is 1.72. The molecule has 0 aliphatic carbocycles. The summed E-state index contributed by atoms with van der Waals surface area (Å²) in [5.41, 5.74) is 3.29. The Morgan fingerprint density at radius 2 is 1.89 bits per heavy atom. The fourth-order valence-electron chi connectivity index (χ4n) is 2.72. The van der Waals surface area contributed by atoms with Gasteiger partial charge in [0.05, 0.1) is 26.1 Å². The number of anilines is 3. The highest BCUT2D eigenvalue weighted by molar-refractivity contribution is 7.15. The van der Waals surface area contributed by atoms with Gasteiger partial charge in [0.25, 0.3) is 5.91 Å². The van der Waals surface area contributed by atoms with E-state index in [0.29, 0.717) is 16.5 Å². The number of rotatable bonds is 5. The number of thiophene rings is 1. The van der Waals surface area contributed by atoms with E-state index in [-0.39, 0.29) is 5.91 Å². The summed E-state index contributed by atoms with van der Waals surface area (Å²) in [7, 11) is 0. The molecule has 4 aromatic rings. The molecule has 0 fully saturated rings. The molecule has 0 spiro atoms. The zero-order chi connectivity index (χ0) is 19.5. The van der Waals surface area contributed by atoms with Crippen molar-refractivity contribution < 1.29 is 4.79 Å². The van der Waals surface area contributed by atoms with E-state index in [1.807, 2.05) is 55.6 Å². The molecule has 3 aromatic heterocycles. The average molecular weight is 408 g/mol.